The molecule has 0 amide bonds. The number of carbonyl (C=O) groups is 1. The minimum absolute atomic E-state index is 0.0794. The van der Waals surface area contributed by atoms with Crippen molar-refractivity contribution in [2.75, 3.05) is 19.7 Å². The number of nitrogens with one attached hydrogen (secondary N) is 1. The number of aldehydes is 1. The standard InChI is InChI=1S/C21H28ClN3O2/c1-17-12-21(6-2-5-19(17)15-26)27-11-3-4-18-7-9-23-13-20(22)14-25-16-24-10-8-18/h2,5-6,12-16,18,21H,3-4,7-11H2,1H3,(H,24,25)/b20-14+,23-13?. The van der Waals surface area contributed by atoms with Gasteiger partial charge >= 0.3 is 0 Å². The molecule has 0 radical (unpaired) electrons. The number of nitrogens with zero attached hydrogens (tertiary/aromatic N) is 2. The highest BCUT2D eigenvalue weighted by Crippen LogP contribution is 2.18. The first-order valence-corrected chi connectivity index (χ1v) is 9.80. The van der Waals surface area contributed by atoms with Crippen LogP contribution in [0, 0.1) is 5.92 Å². The monoisotopic (exact) mass is 389 g/mol. The number of ether oxygens (including phenoxy) is 1. The van der Waals surface area contributed by atoms with E-state index in [1.165, 1.54) is 0 Å². The molecule has 2 aliphatic rings. The predicted octanol–water partition coefficient (Wildman–Crippen LogP) is 3.97. The van der Waals surface area contributed by atoms with Gasteiger partial charge in [0.25, 0.3) is 0 Å². The molecule has 0 aromatic rings. The Morgan fingerprint density at radius 3 is 2.96 bits per heavy atom. The highest BCUT2D eigenvalue weighted by Gasteiger charge is 2.11. The van der Waals surface area contributed by atoms with Crippen molar-refractivity contribution in [3.8, 4) is 0 Å². The number of aliphatic imine (C=N–C) groups is 2. The molecule has 5 nitrogen and oxygen atoms in total. The fraction of sp³-hybridized carbons (Fsp3) is 0.476. The summed E-state index contributed by atoms with van der Waals surface area (Å²) >= 11 is 6.00. The van der Waals surface area contributed by atoms with Crippen LogP contribution in [-0.2, 0) is 9.53 Å². The Morgan fingerprint density at radius 1 is 1.33 bits per heavy atom. The number of hydrogen-bond donors (Lipinski definition) is 1. The Kier molecular flexibility index (Phi) is 9.80. The molecule has 1 aliphatic heterocycles. The van der Waals surface area contributed by atoms with Gasteiger partial charge in [-0.05, 0) is 50.2 Å². The molecule has 1 N–H and O–H groups in total. The predicted molar refractivity (Wildman–Crippen MR) is 113 cm³/mol. The minimum atomic E-state index is -0.0794. The van der Waals surface area contributed by atoms with Gasteiger partial charge in [-0.2, -0.15) is 0 Å². The van der Waals surface area contributed by atoms with Crippen molar-refractivity contribution < 1.29 is 9.53 Å². The first-order chi connectivity index (χ1) is 13.2. The van der Waals surface area contributed by atoms with Crippen LogP contribution in [0.3, 0.4) is 0 Å². The molecule has 0 spiro atoms. The molecule has 1 aliphatic carbocycles. The molecular weight excluding hydrogens is 362 g/mol. The second kappa shape index (κ2) is 12.4. The largest absolute Gasteiger partial charge is 0.370 e. The Labute approximate surface area is 166 Å². The third kappa shape index (κ3) is 8.50. The third-order valence-corrected chi connectivity index (χ3v) is 4.78. The van der Waals surface area contributed by atoms with E-state index in [-0.39, 0.29) is 6.10 Å². The van der Waals surface area contributed by atoms with E-state index in [1.807, 2.05) is 31.2 Å². The number of allylic oxidation sites excluding steroid dienone is 5. The van der Waals surface area contributed by atoms with E-state index >= 15 is 0 Å². The summed E-state index contributed by atoms with van der Waals surface area (Å²) < 4.78 is 5.96. The van der Waals surface area contributed by atoms with E-state index in [0.717, 1.165) is 50.6 Å². The van der Waals surface area contributed by atoms with Crippen LogP contribution in [0.2, 0.25) is 0 Å². The smallest absolute Gasteiger partial charge is 0.150 e. The Hall–Kier alpha value is -1.98. The fourth-order valence-corrected chi connectivity index (χ4v) is 3.13. The van der Waals surface area contributed by atoms with Crippen molar-refractivity contribution in [2.24, 2.45) is 15.9 Å². The van der Waals surface area contributed by atoms with Crippen molar-refractivity contribution in [3.63, 3.8) is 0 Å². The molecule has 146 valence electrons. The maximum atomic E-state index is 11.0. The molecule has 27 heavy (non-hydrogen) atoms. The Balaban J connectivity index is 1.76. The van der Waals surface area contributed by atoms with Crippen LogP contribution in [-0.4, -0.2) is 44.6 Å². The van der Waals surface area contributed by atoms with Crippen LogP contribution in [0.5, 0.6) is 0 Å². The number of carbonyl (C=O) groups excluding carboxylic acids is 1. The molecule has 0 saturated heterocycles. The summed E-state index contributed by atoms with van der Waals surface area (Å²) in [7, 11) is 0. The van der Waals surface area contributed by atoms with Gasteiger partial charge in [0.15, 0.2) is 0 Å². The van der Waals surface area contributed by atoms with Gasteiger partial charge in [0, 0.05) is 37.7 Å². The molecule has 0 saturated carbocycles. The van der Waals surface area contributed by atoms with E-state index in [4.69, 9.17) is 16.3 Å². The molecule has 2 atom stereocenters. The summed E-state index contributed by atoms with van der Waals surface area (Å²) in [6.45, 7) is 4.19. The molecular formula is C21H28ClN3O2. The van der Waals surface area contributed by atoms with Crippen LogP contribution in [0.15, 0.2) is 56.7 Å². The molecule has 0 fully saturated rings. The molecule has 2 rings (SSSR count). The normalized spacial score (nSPS) is 25.8. The molecule has 0 aromatic carbocycles. The quantitative estimate of drug-likeness (QED) is 0.552. The Bertz CT molecular complexity index is 662. The van der Waals surface area contributed by atoms with Crippen molar-refractivity contribution >= 4 is 30.4 Å². The average Bonchev–Trinajstić information content (AvgIpc) is 2.83. The van der Waals surface area contributed by atoms with Crippen LogP contribution in [0.25, 0.3) is 0 Å². The zero-order chi connectivity index (χ0) is 19.3. The van der Waals surface area contributed by atoms with Gasteiger partial charge in [0.05, 0.1) is 17.5 Å². The number of halogens is 1. The molecule has 2 unspecified atom stereocenters. The van der Waals surface area contributed by atoms with Gasteiger partial charge in [-0.1, -0.05) is 29.8 Å². The summed E-state index contributed by atoms with van der Waals surface area (Å²) in [5.41, 5.74) is 1.66. The van der Waals surface area contributed by atoms with Gasteiger partial charge in [-0.3, -0.25) is 14.8 Å². The van der Waals surface area contributed by atoms with E-state index in [1.54, 1.807) is 18.8 Å². The second-order valence-electron chi connectivity index (χ2n) is 6.66. The lowest BCUT2D eigenvalue weighted by Gasteiger charge is -2.16. The van der Waals surface area contributed by atoms with Crippen LogP contribution in [0.1, 0.15) is 32.6 Å². The molecule has 6 heteroatoms. The van der Waals surface area contributed by atoms with Gasteiger partial charge in [0.2, 0.25) is 0 Å². The fourth-order valence-electron chi connectivity index (χ4n) is 3.00. The molecule has 0 bridgehead atoms. The molecule has 1 heterocycles. The van der Waals surface area contributed by atoms with Crippen molar-refractivity contribution in [2.45, 2.75) is 38.7 Å². The summed E-state index contributed by atoms with van der Waals surface area (Å²) in [6.07, 6.45) is 17.6. The zero-order valence-electron chi connectivity index (χ0n) is 15.8. The van der Waals surface area contributed by atoms with Crippen molar-refractivity contribution in [1.82, 2.24) is 5.32 Å². The lowest BCUT2D eigenvalue weighted by Crippen LogP contribution is -2.11. The van der Waals surface area contributed by atoms with Gasteiger partial charge in [-0.15, -0.1) is 0 Å². The Morgan fingerprint density at radius 2 is 2.15 bits per heavy atom. The summed E-state index contributed by atoms with van der Waals surface area (Å²) in [4.78, 5) is 19.7. The van der Waals surface area contributed by atoms with Crippen LogP contribution >= 0.6 is 11.6 Å². The molecule has 0 aromatic heterocycles. The number of rotatable bonds is 6. The second-order valence-corrected chi connectivity index (χ2v) is 7.10. The van der Waals surface area contributed by atoms with Crippen molar-refractivity contribution in [1.29, 1.82) is 0 Å². The zero-order valence-corrected chi connectivity index (χ0v) is 16.6. The van der Waals surface area contributed by atoms with Crippen molar-refractivity contribution in [3.05, 3.63) is 46.7 Å². The van der Waals surface area contributed by atoms with Crippen LogP contribution in [0.4, 0.5) is 0 Å². The highest BCUT2D eigenvalue weighted by atomic mass is 35.5. The third-order valence-electron chi connectivity index (χ3n) is 4.57. The number of hydrogen-bond acceptors (Lipinski definition) is 5. The van der Waals surface area contributed by atoms with E-state index < -0.39 is 0 Å². The highest BCUT2D eigenvalue weighted by molar-refractivity contribution is 6.39. The summed E-state index contributed by atoms with van der Waals surface area (Å²) in [5, 5.41) is 3.51. The average molecular weight is 390 g/mol. The van der Waals surface area contributed by atoms with Gasteiger partial charge in [-0.25, -0.2) is 0 Å². The first kappa shape index (κ1) is 21.3. The van der Waals surface area contributed by atoms with E-state index in [0.29, 0.717) is 23.1 Å². The van der Waals surface area contributed by atoms with E-state index in [2.05, 4.69) is 15.3 Å². The first-order valence-electron chi connectivity index (χ1n) is 9.43. The lowest BCUT2D eigenvalue weighted by molar-refractivity contribution is -0.104. The minimum Gasteiger partial charge on any atom is -0.370 e. The van der Waals surface area contributed by atoms with Gasteiger partial charge < -0.3 is 10.1 Å². The summed E-state index contributed by atoms with van der Waals surface area (Å²) in [6, 6.07) is 0. The van der Waals surface area contributed by atoms with E-state index in [9.17, 15) is 4.79 Å². The maximum Gasteiger partial charge on any atom is 0.150 e. The van der Waals surface area contributed by atoms with Gasteiger partial charge in [0.1, 0.15) is 6.29 Å². The maximum absolute atomic E-state index is 11.0. The topological polar surface area (TPSA) is 63.0 Å². The SMILES string of the molecule is CC1=CC(OCCCC2CCN=CN/C=C(/Cl)C=NCC2)C=CC=C1C=O. The lowest BCUT2D eigenvalue weighted by atomic mass is 9.96. The summed E-state index contributed by atoms with van der Waals surface area (Å²) in [5.74, 6) is 0.565. The van der Waals surface area contributed by atoms with Crippen LogP contribution < -0.4 is 5.32 Å².